The molecular formula is C26H28F3NO6S. The molecule has 2 amide bonds. The number of rotatable bonds is 10. The number of esters is 1. The highest BCUT2D eigenvalue weighted by Crippen LogP contribution is 2.35. The van der Waals surface area contributed by atoms with Crippen LogP contribution < -0.4 is 5.32 Å². The molecule has 0 bridgehead atoms. The first-order chi connectivity index (χ1) is 17.4. The molecule has 0 aromatic heterocycles. The number of carbonyl (C=O) groups is 3. The molecule has 1 aromatic rings. The van der Waals surface area contributed by atoms with Crippen molar-refractivity contribution in [3.05, 3.63) is 59.2 Å². The van der Waals surface area contributed by atoms with E-state index in [1.807, 2.05) is 25.2 Å². The maximum absolute atomic E-state index is 13.0. The molecule has 0 radical (unpaired) electrons. The fourth-order valence-corrected chi connectivity index (χ4v) is 4.82. The Morgan fingerprint density at radius 1 is 1.22 bits per heavy atom. The van der Waals surface area contributed by atoms with E-state index in [9.17, 15) is 27.6 Å². The summed E-state index contributed by atoms with van der Waals surface area (Å²) in [5.74, 6) is -0.775. The van der Waals surface area contributed by atoms with Gasteiger partial charge in [0.1, 0.15) is 6.10 Å². The molecule has 11 heteroatoms. The molecule has 200 valence electrons. The summed E-state index contributed by atoms with van der Waals surface area (Å²) in [6.45, 7) is 3.42. The molecule has 37 heavy (non-hydrogen) atoms. The second-order valence-electron chi connectivity index (χ2n) is 9.55. The van der Waals surface area contributed by atoms with E-state index in [1.54, 1.807) is 6.92 Å². The van der Waals surface area contributed by atoms with Crippen molar-refractivity contribution in [1.82, 2.24) is 5.32 Å². The summed E-state index contributed by atoms with van der Waals surface area (Å²) in [6, 6.07) is 4.61. The fraction of sp³-hybridized carbons (Fsp3) is 0.500. The Balaban J connectivity index is 1.39. The average Bonchev–Trinajstić information content (AvgIpc) is 3.63. The summed E-state index contributed by atoms with van der Waals surface area (Å²) in [5, 5.41) is 1.45. The maximum atomic E-state index is 13.0. The Kier molecular flexibility index (Phi) is 8.15. The van der Waals surface area contributed by atoms with Gasteiger partial charge < -0.3 is 14.2 Å². The van der Waals surface area contributed by atoms with Crippen molar-refractivity contribution in [2.75, 3.05) is 6.61 Å². The van der Waals surface area contributed by atoms with Crippen molar-refractivity contribution in [3.8, 4) is 0 Å². The van der Waals surface area contributed by atoms with Crippen LogP contribution in [0.2, 0.25) is 0 Å². The number of benzene rings is 1. The minimum atomic E-state index is -4.46. The predicted molar refractivity (Wildman–Crippen MR) is 129 cm³/mol. The van der Waals surface area contributed by atoms with Gasteiger partial charge in [-0.3, -0.25) is 19.7 Å². The summed E-state index contributed by atoms with van der Waals surface area (Å²) in [6.07, 6.45) is 1.91. The van der Waals surface area contributed by atoms with Crippen molar-refractivity contribution in [2.24, 2.45) is 5.92 Å². The van der Waals surface area contributed by atoms with Gasteiger partial charge in [0.15, 0.2) is 0 Å². The maximum Gasteiger partial charge on any atom is 0.416 e. The quantitative estimate of drug-likeness (QED) is 0.312. The van der Waals surface area contributed by atoms with Gasteiger partial charge in [0, 0.05) is 0 Å². The highest BCUT2D eigenvalue weighted by Gasteiger charge is 2.35. The van der Waals surface area contributed by atoms with E-state index in [0.29, 0.717) is 18.4 Å². The van der Waals surface area contributed by atoms with E-state index < -0.39 is 35.0 Å². The topological polar surface area (TPSA) is 90.9 Å². The number of alkyl halides is 3. The molecule has 0 spiro atoms. The third-order valence-corrected chi connectivity index (χ3v) is 7.31. The highest BCUT2D eigenvalue weighted by molar-refractivity contribution is 8.15. The van der Waals surface area contributed by atoms with E-state index in [0.717, 1.165) is 42.3 Å². The molecule has 2 fully saturated rings. The highest BCUT2D eigenvalue weighted by atomic mass is 32.2. The first kappa shape index (κ1) is 27.4. The number of allylic oxidation sites excluding steroid dienone is 2. The molecule has 1 heterocycles. The van der Waals surface area contributed by atoms with E-state index in [1.165, 1.54) is 12.1 Å². The average molecular weight is 540 g/mol. The first-order valence-corrected chi connectivity index (χ1v) is 12.9. The molecule has 1 saturated carbocycles. The van der Waals surface area contributed by atoms with Gasteiger partial charge in [-0.05, 0) is 57.2 Å². The summed E-state index contributed by atoms with van der Waals surface area (Å²) in [4.78, 5) is 35.2. The third kappa shape index (κ3) is 7.45. The molecule has 7 nitrogen and oxygen atoms in total. The van der Waals surface area contributed by atoms with E-state index in [4.69, 9.17) is 14.2 Å². The van der Waals surface area contributed by atoms with Gasteiger partial charge in [-0.25, -0.2) is 0 Å². The lowest BCUT2D eigenvalue weighted by atomic mass is 9.91. The van der Waals surface area contributed by atoms with E-state index >= 15 is 0 Å². The molecule has 1 aliphatic heterocycles. The van der Waals surface area contributed by atoms with Crippen molar-refractivity contribution >= 4 is 28.9 Å². The van der Waals surface area contributed by atoms with Crippen molar-refractivity contribution in [1.29, 1.82) is 0 Å². The molecule has 1 aromatic carbocycles. The number of ether oxygens (including phenoxy) is 3. The molecular weight excluding hydrogens is 511 g/mol. The second-order valence-corrected chi connectivity index (χ2v) is 10.7. The lowest BCUT2D eigenvalue weighted by Gasteiger charge is -2.31. The lowest BCUT2D eigenvalue weighted by molar-refractivity contribution is -0.196. The number of carbonyl (C=O) groups excluding carboxylic acids is 3. The SMILES string of the molecule is CC(OC(=O)C1CC1)OC(COC1(C)C=CC(CC2SC(=O)NC2=O)=CC1)c1ccc(C(F)(F)F)cc1. The van der Waals surface area contributed by atoms with Gasteiger partial charge in [0.2, 0.25) is 12.2 Å². The molecule has 3 aliphatic rings. The van der Waals surface area contributed by atoms with Gasteiger partial charge in [0.05, 0.1) is 28.9 Å². The van der Waals surface area contributed by atoms with Crippen LogP contribution in [0, 0.1) is 5.92 Å². The number of nitrogens with one attached hydrogen (secondary N) is 1. The number of amides is 2. The van der Waals surface area contributed by atoms with Crippen LogP contribution in [0.3, 0.4) is 0 Å². The smallest absolute Gasteiger partial charge is 0.416 e. The zero-order valence-corrected chi connectivity index (χ0v) is 21.2. The number of imide groups is 1. The largest absolute Gasteiger partial charge is 0.436 e. The molecule has 2 aliphatic carbocycles. The van der Waals surface area contributed by atoms with Crippen molar-refractivity contribution < 1.29 is 41.8 Å². The zero-order chi connectivity index (χ0) is 26.8. The van der Waals surface area contributed by atoms with Crippen LogP contribution in [0.25, 0.3) is 0 Å². The van der Waals surface area contributed by atoms with Crippen LogP contribution in [-0.4, -0.2) is 40.9 Å². The summed E-state index contributed by atoms with van der Waals surface area (Å²) in [5.41, 5.74) is -0.151. The van der Waals surface area contributed by atoms with Gasteiger partial charge in [-0.15, -0.1) is 0 Å². The lowest BCUT2D eigenvalue weighted by Crippen LogP contribution is -2.32. The van der Waals surface area contributed by atoms with Crippen LogP contribution >= 0.6 is 11.8 Å². The number of hydrogen-bond donors (Lipinski definition) is 1. The van der Waals surface area contributed by atoms with Crippen LogP contribution in [-0.2, 0) is 30.0 Å². The summed E-state index contributed by atoms with van der Waals surface area (Å²) >= 11 is 0.968. The van der Waals surface area contributed by atoms with Crippen molar-refractivity contribution in [2.45, 2.75) is 69.0 Å². The Labute approximate surface area is 216 Å². The summed E-state index contributed by atoms with van der Waals surface area (Å²) < 4.78 is 56.5. The van der Waals surface area contributed by atoms with Gasteiger partial charge in [0.25, 0.3) is 5.24 Å². The van der Waals surface area contributed by atoms with Gasteiger partial charge in [-0.2, -0.15) is 13.2 Å². The first-order valence-electron chi connectivity index (χ1n) is 12.0. The monoisotopic (exact) mass is 539 g/mol. The molecule has 1 saturated heterocycles. The Bertz CT molecular complexity index is 1100. The molecule has 4 atom stereocenters. The van der Waals surface area contributed by atoms with Crippen LogP contribution in [0.1, 0.15) is 56.8 Å². The minimum Gasteiger partial charge on any atom is -0.436 e. The Morgan fingerprint density at radius 2 is 1.92 bits per heavy atom. The Hall–Kier alpha value is -2.63. The van der Waals surface area contributed by atoms with Gasteiger partial charge in [-0.1, -0.05) is 47.7 Å². The third-order valence-electron chi connectivity index (χ3n) is 6.33. The molecule has 4 rings (SSSR count). The minimum absolute atomic E-state index is 0.00389. The number of halogens is 3. The number of thioether (sulfide) groups is 1. The normalized spacial score (nSPS) is 25.4. The molecule has 1 N–H and O–H groups in total. The van der Waals surface area contributed by atoms with Crippen LogP contribution in [0.15, 0.2) is 48.1 Å². The summed E-state index contributed by atoms with van der Waals surface area (Å²) in [7, 11) is 0. The second kappa shape index (κ2) is 11.0. The van der Waals surface area contributed by atoms with E-state index in [-0.39, 0.29) is 29.6 Å². The van der Waals surface area contributed by atoms with Crippen LogP contribution in [0.5, 0.6) is 0 Å². The Morgan fingerprint density at radius 3 is 2.46 bits per heavy atom. The van der Waals surface area contributed by atoms with E-state index in [2.05, 4.69) is 5.32 Å². The van der Waals surface area contributed by atoms with Crippen molar-refractivity contribution in [3.63, 3.8) is 0 Å². The van der Waals surface area contributed by atoms with Crippen LogP contribution in [0.4, 0.5) is 18.0 Å². The molecule has 4 unspecified atom stereocenters. The zero-order valence-electron chi connectivity index (χ0n) is 20.4. The predicted octanol–water partition coefficient (Wildman–Crippen LogP) is 5.47. The fourth-order valence-electron chi connectivity index (χ4n) is 3.96. The standard InChI is InChI=1S/C26H28F3NO6S/c1-15(36-23(32)18-3-4-18)35-20(17-5-7-19(8-6-17)26(27,28)29)14-34-25(2)11-9-16(10-12-25)13-21-22(31)30-24(33)37-21/h5-11,15,18,20-21H,3-4,12-14H2,1-2H3,(H,30,31,33). The number of hydrogen-bond acceptors (Lipinski definition) is 7. The van der Waals surface area contributed by atoms with Gasteiger partial charge >= 0.3 is 12.1 Å².